The first kappa shape index (κ1) is 15.9. The zero-order valence-electron chi connectivity index (χ0n) is 13.4. The summed E-state index contributed by atoms with van der Waals surface area (Å²) < 4.78 is 27.6. The molecular formula is C18H15N3O2S2. The molecule has 0 amide bonds. The number of nitrogens with zero attached hydrogens (tertiary/aromatic N) is 1. The van der Waals surface area contributed by atoms with Gasteiger partial charge in [-0.05, 0) is 48.7 Å². The Bertz CT molecular complexity index is 1130. The number of aromatic nitrogens is 2. The van der Waals surface area contributed by atoms with E-state index in [1.807, 2.05) is 24.4 Å². The lowest BCUT2D eigenvalue weighted by atomic mass is 10.2. The molecule has 2 heterocycles. The molecule has 0 radical (unpaired) electrons. The molecule has 0 unspecified atom stereocenters. The highest BCUT2D eigenvalue weighted by atomic mass is 32.2. The Morgan fingerprint density at radius 2 is 1.88 bits per heavy atom. The molecule has 126 valence electrons. The molecule has 0 spiro atoms. The van der Waals surface area contributed by atoms with Crippen LogP contribution in [0.2, 0.25) is 0 Å². The lowest BCUT2D eigenvalue weighted by Gasteiger charge is -2.08. The molecular weight excluding hydrogens is 354 g/mol. The number of nitrogens with one attached hydrogen (secondary N) is 2. The van der Waals surface area contributed by atoms with Crippen molar-refractivity contribution in [1.29, 1.82) is 0 Å². The van der Waals surface area contributed by atoms with E-state index in [0.29, 0.717) is 5.69 Å². The first-order chi connectivity index (χ1) is 12.0. The molecule has 2 aromatic carbocycles. The lowest BCUT2D eigenvalue weighted by Crippen LogP contribution is -2.12. The summed E-state index contributed by atoms with van der Waals surface area (Å²) in [7, 11) is -3.62. The van der Waals surface area contributed by atoms with Crippen LogP contribution in [0.1, 0.15) is 5.56 Å². The van der Waals surface area contributed by atoms with Gasteiger partial charge in [0.05, 0.1) is 26.5 Å². The van der Waals surface area contributed by atoms with E-state index >= 15 is 0 Å². The van der Waals surface area contributed by atoms with Crippen LogP contribution >= 0.6 is 11.3 Å². The van der Waals surface area contributed by atoms with Gasteiger partial charge < -0.3 is 4.98 Å². The van der Waals surface area contributed by atoms with Crippen LogP contribution in [0.5, 0.6) is 0 Å². The van der Waals surface area contributed by atoms with Crippen molar-refractivity contribution in [2.45, 2.75) is 11.8 Å². The molecule has 0 aliphatic heterocycles. The number of fused-ring (bicyclic) bond motifs is 1. The van der Waals surface area contributed by atoms with Gasteiger partial charge in [-0.3, -0.25) is 4.72 Å². The number of thiophene rings is 1. The highest BCUT2D eigenvalue weighted by molar-refractivity contribution is 7.92. The van der Waals surface area contributed by atoms with E-state index in [-0.39, 0.29) is 4.90 Å². The van der Waals surface area contributed by atoms with E-state index in [9.17, 15) is 8.42 Å². The third-order valence-electron chi connectivity index (χ3n) is 3.82. The monoisotopic (exact) mass is 369 g/mol. The smallest absolute Gasteiger partial charge is 0.261 e. The summed E-state index contributed by atoms with van der Waals surface area (Å²) in [6.07, 6.45) is 0. The third-order valence-corrected chi connectivity index (χ3v) is 6.09. The van der Waals surface area contributed by atoms with Crippen molar-refractivity contribution in [2.75, 3.05) is 4.72 Å². The minimum absolute atomic E-state index is 0.238. The minimum Gasteiger partial charge on any atom is -0.337 e. The summed E-state index contributed by atoms with van der Waals surface area (Å²) in [5.41, 5.74) is 3.09. The van der Waals surface area contributed by atoms with Crippen LogP contribution in [0.4, 0.5) is 5.69 Å². The first-order valence-corrected chi connectivity index (χ1v) is 10.0. The minimum atomic E-state index is -3.62. The largest absolute Gasteiger partial charge is 0.337 e. The van der Waals surface area contributed by atoms with E-state index in [2.05, 4.69) is 14.7 Å². The first-order valence-electron chi connectivity index (χ1n) is 7.64. The van der Waals surface area contributed by atoms with Gasteiger partial charge in [-0.2, -0.15) is 0 Å². The van der Waals surface area contributed by atoms with Gasteiger partial charge in [-0.1, -0.05) is 23.8 Å². The number of hydrogen-bond donors (Lipinski definition) is 2. The van der Waals surface area contributed by atoms with Gasteiger partial charge in [0, 0.05) is 0 Å². The summed E-state index contributed by atoms with van der Waals surface area (Å²) in [5, 5.41) is 1.99. The highest BCUT2D eigenvalue weighted by Crippen LogP contribution is 2.26. The quantitative estimate of drug-likeness (QED) is 0.560. The molecule has 0 fully saturated rings. The van der Waals surface area contributed by atoms with E-state index in [0.717, 1.165) is 27.3 Å². The van der Waals surface area contributed by atoms with Crippen molar-refractivity contribution in [2.24, 2.45) is 0 Å². The standard InChI is InChI=1S/C18H15N3O2S2/c1-12-4-7-14(8-5-12)25(22,23)21-13-6-9-15-16(11-13)20-18(19-15)17-3-2-10-24-17/h2-11,21H,1H3,(H,19,20). The van der Waals surface area contributed by atoms with Crippen molar-refractivity contribution < 1.29 is 8.42 Å². The molecule has 25 heavy (non-hydrogen) atoms. The van der Waals surface area contributed by atoms with E-state index in [4.69, 9.17) is 0 Å². The molecule has 5 nitrogen and oxygen atoms in total. The Labute approximate surface area is 149 Å². The summed E-state index contributed by atoms with van der Waals surface area (Å²) in [4.78, 5) is 9.05. The lowest BCUT2D eigenvalue weighted by molar-refractivity contribution is 0.601. The number of aromatic amines is 1. The number of anilines is 1. The second-order valence-corrected chi connectivity index (χ2v) is 8.34. The molecule has 7 heteroatoms. The maximum absolute atomic E-state index is 12.5. The fraction of sp³-hybridized carbons (Fsp3) is 0.0556. The van der Waals surface area contributed by atoms with Gasteiger partial charge in [-0.15, -0.1) is 11.3 Å². The third kappa shape index (κ3) is 3.16. The van der Waals surface area contributed by atoms with Crippen LogP contribution in [0.3, 0.4) is 0 Å². The molecule has 2 N–H and O–H groups in total. The van der Waals surface area contributed by atoms with Gasteiger partial charge in [0.15, 0.2) is 0 Å². The van der Waals surface area contributed by atoms with Crippen LogP contribution < -0.4 is 4.72 Å². The van der Waals surface area contributed by atoms with Crippen molar-refractivity contribution in [3.8, 4) is 10.7 Å². The fourth-order valence-electron chi connectivity index (χ4n) is 2.53. The Morgan fingerprint density at radius 1 is 1.08 bits per heavy atom. The number of H-pyrrole nitrogens is 1. The molecule has 0 saturated heterocycles. The summed E-state index contributed by atoms with van der Waals surface area (Å²) in [6.45, 7) is 1.92. The normalized spacial score (nSPS) is 11.7. The van der Waals surface area contributed by atoms with Gasteiger partial charge in [0.25, 0.3) is 10.0 Å². The molecule has 0 aliphatic carbocycles. The van der Waals surface area contributed by atoms with Gasteiger partial charge in [0.1, 0.15) is 5.82 Å². The molecule has 0 atom stereocenters. The van der Waals surface area contributed by atoms with E-state index in [1.165, 1.54) is 0 Å². The molecule has 4 rings (SSSR count). The zero-order valence-corrected chi connectivity index (χ0v) is 15.0. The van der Waals surface area contributed by atoms with Crippen molar-refractivity contribution >= 4 is 38.1 Å². The fourth-order valence-corrected chi connectivity index (χ4v) is 4.25. The molecule has 4 aromatic rings. The Kier molecular flexibility index (Phi) is 3.82. The van der Waals surface area contributed by atoms with Crippen molar-refractivity contribution in [1.82, 2.24) is 9.97 Å². The summed E-state index contributed by atoms with van der Waals surface area (Å²) >= 11 is 1.60. The highest BCUT2D eigenvalue weighted by Gasteiger charge is 2.15. The van der Waals surface area contributed by atoms with Crippen LogP contribution in [0.25, 0.3) is 21.7 Å². The zero-order chi connectivity index (χ0) is 17.4. The van der Waals surface area contributed by atoms with Gasteiger partial charge in [0.2, 0.25) is 0 Å². The van der Waals surface area contributed by atoms with E-state index < -0.39 is 10.0 Å². The Morgan fingerprint density at radius 3 is 2.60 bits per heavy atom. The topological polar surface area (TPSA) is 74.8 Å². The number of rotatable bonds is 4. The molecule has 0 bridgehead atoms. The van der Waals surface area contributed by atoms with Crippen LogP contribution in [0.15, 0.2) is 64.9 Å². The SMILES string of the molecule is Cc1ccc(S(=O)(=O)Nc2ccc3nc(-c4cccs4)[nH]c3c2)cc1. The van der Waals surface area contributed by atoms with Crippen molar-refractivity contribution in [3.63, 3.8) is 0 Å². The average molecular weight is 369 g/mol. The maximum atomic E-state index is 12.5. The maximum Gasteiger partial charge on any atom is 0.261 e. The molecule has 2 aromatic heterocycles. The second kappa shape index (κ2) is 6.02. The summed E-state index contributed by atoms with van der Waals surface area (Å²) in [5.74, 6) is 0.781. The van der Waals surface area contributed by atoms with Gasteiger partial charge >= 0.3 is 0 Å². The van der Waals surface area contributed by atoms with E-state index in [1.54, 1.807) is 53.8 Å². The Balaban J connectivity index is 1.66. The predicted molar refractivity (Wildman–Crippen MR) is 101 cm³/mol. The molecule has 0 saturated carbocycles. The number of benzene rings is 2. The molecule has 0 aliphatic rings. The second-order valence-electron chi connectivity index (χ2n) is 5.71. The van der Waals surface area contributed by atoms with Gasteiger partial charge in [-0.25, -0.2) is 13.4 Å². The number of imidazole rings is 1. The number of aryl methyl sites for hydroxylation is 1. The average Bonchev–Trinajstić information content (AvgIpc) is 3.23. The van der Waals surface area contributed by atoms with Crippen LogP contribution in [-0.2, 0) is 10.0 Å². The van der Waals surface area contributed by atoms with Crippen molar-refractivity contribution in [3.05, 3.63) is 65.5 Å². The van der Waals surface area contributed by atoms with Crippen LogP contribution in [0, 0.1) is 6.92 Å². The number of hydrogen-bond acceptors (Lipinski definition) is 4. The Hall–Kier alpha value is -2.64. The predicted octanol–water partition coefficient (Wildman–Crippen LogP) is 4.40. The van der Waals surface area contributed by atoms with Crippen LogP contribution in [-0.4, -0.2) is 18.4 Å². The summed E-state index contributed by atoms with van der Waals surface area (Å²) in [6, 6.07) is 16.0. The number of sulfonamides is 1.